The number of carbonyl (C=O) groups excluding carboxylic acids is 2. The molecular weight excluding hydrogens is 342 g/mol. The third-order valence-electron chi connectivity index (χ3n) is 4.43. The Kier molecular flexibility index (Phi) is 6.18. The molecule has 0 bridgehead atoms. The number of rotatable bonds is 5. The van der Waals surface area contributed by atoms with E-state index < -0.39 is 21.5 Å². The van der Waals surface area contributed by atoms with E-state index in [1.165, 1.54) is 43.3 Å². The molecular formula is C17H25N3O4S. The Labute approximate surface area is 148 Å². The zero-order valence-corrected chi connectivity index (χ0v) is 15.6. The van der Waals surface area contributed by atoms with Crippen LogP contribution in [-0.4, -0.2) is 64.1 Å². The van der Waals surface area contributed by atoms with Crippen molar-refractivity contribution in [3.8, 4) is 0 Å². The molecule has 0 radical (unpaired) electrons. The van der Waals surface area contributed by atoms with Gasteiger partial charge in [0, 0.05) is 32.2 Å². The molecule has 2 atom stereocenters. The number of amides is 2. The molecule has 1 aliphatic heterocycles. The van der Waals surface area contributed by atoms with Crippen LogP contribution >= 0.6 is 0 Å². The lowest BCUT2D eigenvalue weighted by atomic mass is 9.94. The average Bonchev–Trinajstić information content (AvgIpc) is 2.56. The van der Waals surface area contributed by atoms with Gasteiger partial charge in [0.1, 0.15) is 5.75 Å². The Balaban J connectivity index is 2.06. The quantitative estimate of drug-likeness (QED) is 0.779. The van der Waals surface area contributed by atoms with Crippen LogP contribution in [0.2, 0.25) is 0 Å². The fraction of sp³-hybridized carbons (Fsp3) is 0.529. The highest BCUT2D eigenvalue weighted by molar-refractivity contribution is 7.92. The number of piperidine rings is 1. The van der Waals surface area contributed by atoms with Crippen molar-refractivity contribution in [1.82, 2.24) is 15.5 Å². The van der Waals surface area contributed by atoms with Crippen molar-refractivity contribution >= 4 is 21.7 Å². The zero-order chi connectivity index (χ0) is 18.6. The van der Waals surface area contributed by atoms with Gasteiger partial charge in [0.05, 0.1) is 4.90 Å². The van der Waals surface area contributed by atoms with Gasteiger partial charge < -0.3 is 15.5 Å². The number of benzene rings is 1. The molecule has 2 rings (SSSR count). The minimum Gasteiger partial charge on any atom is -0.348 e. The Morgan fingerprint density at radius 2 is 1.88 bits per heavy atom. The first-order valence-electron chi connectivity index (χ1n) is 8.25. The molecule has 1 fully saturated rings. The van der Waals surface area contributed by atoms with Gasteiger partial charge in [-0.2, -0.15) is 0 Å². The number of nitrogens with zero attached hydrogens (tertiary/aromatic N) is 1. The molecule has 1 aromatic rings. The standard InChI is InChI=1S/C17H25N3O4S/c1-12-8-9-18-10-15(12)19-17(22)13-4-6-14(7-5-13)25(23,24)11-16(21)20(2)3/h4-7,12,15,18H,8-11H2,1-3H3,(H,19,22). The van der Waals surface area contributed by atoms with Gasteiger partial charge in [-0.3, -0.25) is 9.59 Å². The molecule has 7 nitrogen and oxygen atoms in total. The van der Waals surface area contributed by atoms with Crippen molar-refractivity contribution in [2.24, 2.45) is 5.92 Å². The first-order chi connectivity index (χ1) is 11.7. The highest BCUT2D eigenvalue weighted by atomic mass is 32.2. The van der Waals surface area contributed by atoms with Gasteiger partial charge in [0.2, 0.25) is 5.91 Å². The van der Waals surface area contributed by atoms with E-state index in [9.17, 15) is 18.0 Å². The second-order valence-corrected chi connectivity index (χ2v) is 8.61. The predicted molar refractivity (Wildman–Crippen MR) is 95.1 cm³/mol. The van der Waals surface area contributed by atoms with Crippen LogP contribution in [0.15, 0.2) is 29.2 Å². The molecule has 2 unspecified atom stereocenters. The molecule has 0 aliphatic carbocycles. The summed E-state index contributed by atoms with van der Waals surface area (Å²) in [6.45, 7) is 3.78. The largest absolute Gasteiger partial charge is 0.348 e. The van der Waals surface area contributed by atoms with E-state index in [0.29, 0.717) is 11.5 Å². The Morgan fingerprint density at radius 1 is 1.24 bits per heavy atom. The van der Waals surface area contributed by atoms with Crippen molar-refractivity contribution in [3.63, 3.8) is 0 Å². The smallest absolute Gasteiger partial charge is 0.251 e. The molecule has 2 amide bonds. The van der Waals surface area contributed by atoms with E-state index >= 15 is 0 Å². The van der Waals surface area contributed by atoms with Gasteiger partial charge in [-0.25, -0.2) is 8.42 Å². The van der Waals surface area contributed by atoms with Crippen molar-refractivity contribution in [2.75, 3.05) is 32.9 Å². The lowest BCUT2D eigenvalue weighted by Gasteiger charge is -2.30. The van der Waals surface area contributed by atoms with Crippen molar-refractivity contribution in [2.45, 2.75) is 24.3 Å². The van der Waals surface area contributed by atoms with Crippen molar-refractivity contribution in [1.29, 1.82) is 0 Å². The first kappa shape index (κ1) is 19.4. The topological polar surface area (TPSA) is 95.6 Å². The molecule has 0 spiro atoms. The number of nitrogens with one attached hydrogen (secondary N) is 2. The third kappa shape index (κ3) is 5.02. The SMILES string of the molecule is CC1CCNCC1NC(=O)c1ccc(S(=O)(=O)CC(=O)N(C)C)cc1. The van der Waals surface area contributed by atoms with Gasteiger partial charge in [-0.1, -0.05) is 6.92 Å². The summed E-state index contributed by atoms with van der Waals surface area (Å²) in [7, 11) is -0.703. The van der Waals surface area contributed by atoms with Crippen molar-refractivity contribution < 1.29 is 18.0 Å². The minimum absolute atomic E-state index is 0.0342. The highest BCUT2D eigenvalue weighted by Gasteiger charge is 2.24. The molecule has 8 heteroatoms. The normalized spacial score (nSPS) is 20.8. The molecule has 0 saturated carbocycles. The monoisotopic (exact) mass is 367 g/mol. The van der Waals surface area contributed by atoms with Crippen LogP contribution < -0.4 is 10.6 Å². The summed E-state index contributed by atoms with van der Waals surface area (Å²) in [5.74, 6) is -0.909. The molecule has 138 valence electrons. The third-order valence-corrected chi connectivity index (χ3v) is 6.05. The summed E-state index contributed by atoms with van der Waals surface area (Å²) < 4.78 is 24.5. The van der Waals surface area contributed by atoms with Gasteiger partial charge in [-0.15, -0.1) is 0 Å². The number of hydrogen-bond acceptors (Lipinski definition) is 5. The number of sulfone groups is 1. The van der Waals surface area contributed by atoms with Crippen LogP contribution in [0, 0.1) is 5.92 Å². The molecule has 0 aromatic heterocycles. The fourth-order valence-electron chi connectivity index (χ4n) is 2.62. The van der Waals surface area contributed by atoms with Gasteiger partial charge in [-0.05, 0) is 43.1 Å². The second kappa shape index (κ2) is 7.97. The summed E-state index contributed by atoms with van der Waals surface area (Å²) in [6.07, 6.45) is 1.00. The van der Waals surface area contributed by atoms with E-state index in [1.807, 2.05) is 0 Å². The number of carbonyl (C=O) groups is 2. The van der Waals surface area contributed by atoms with Crippen LogP contribution in [0.3, 0.4) is 0 Å². The zero-order valence-electron chi connectivity index (χ0n) is 14.8. The summed E-state index contributed by atoms with van der Waals surface area (Å²) in [5, 5.41) is 6.23. The summed E-state index contributed by atoms with van der Waals surface area (Å²) >= 11 is 0. The average molecular weight is 367 g/mol. The van der Waals surface area contributed by atoms with Crippen LogP contribution in [-0.2, 0) is 14.6 Å². The summed E-state index contributed by atoms with van der Waals surface area (Å²) in [5.41, 5.74) is 0.399. The lowest BCUT2D eigenvalue weighted by Crippen LogP contribution is -2.50. The predicted octanol–water partition coefficient (Wildman–Crippen LogP) is 0.276. The Bertz CT molecular complexity index is 729. The molecule has 2 N–H and O–H groups in total. The molecule has 1 aromatic carbocycles. The maximum absolute atomic E-state index is 12.3. The fourth-order valence-corrected chi connectivity index (χ4v) is 3.92. The lowest BCUT2D eigenvalue weighted by molar-refractivity contribution is -0.125. The molecule has 25 heavy (non-hydrogen) atoms. The van der Waals surface area contributed by atoms with Gasteiger partial charge >= 0.3 is 0 Å². The van der Waals surface area contributed by atoms with E-state index in [4.69, 9.17) is 0 Å². The van der Waals surface area contributed by atoms with Gasteiger partial charge in [0.15, 0.2) is 9.84 Å². The Morgan fingerprint density at radius 3 is 2.44 bits per heavy atom. The van der Waals surface area contributed by atoms with E-state index in [2.05, 4.69) is 17.6 Å². The van der Waals surface area contributed by atoms with Gasteiger partial charge in [0.25, 0.3) is 5.91 Å². The maximum atomic E-state index is 12.3. The Hall–Kier alpha value is -1.93. The minimum atomic E-state index is -3.72. The molecule has 1 aliphatic rings. The summed E-state index contributed by atoms with van der Waals surface area (Å²) in [4.78, 5) is 25.2. The van der Waals surface area contributed by atoms with Crippen LogP contribution in [0.4, 0.5) is 0 Å². The number of hydrogen-bond donors (Lipinski definition) is 2. The van der Waals surface area contributed by atoms with Crippen LogP contribution in [0.5, 0.6) is 0 Å². The van der Waals surface area contributed by atoms with E-state index in [1.54, 1.807) is 0 Å². The van der Waals surface area contributed by atoms with Crippen LogP contribution in [0.1, 0.15) is 23.7 Å². The summed E-state index contributed by atoms with van der Waals surface area (Å²) in [6, 6.07) is 5.75. The highest BCUT2D eigenvalue weighted by Crippen LogP contribution is 2.15. The maximum Gasteiger partial charge on any atom is 0.251 e. The molecule has 1 heterocycles. The van der Waals surface area contributed by atoms with Crippen LogP contribution in [0.25, 0.3) is 0 Å². The second-order valence-electron chi connectivity index (χ2n) is 6.62. The molecule has 1 saturated heterocycles. The van der Waals surface area contributed by atoms with E-state index in [-0.39, 0.29) is 16.8 Å². The van der Waals surface area contributed by atoms with Crippen molar-refractivity contribution in [3.05, 3.63) is 29.8 Å². The first-order valence-corrected chi connectivity index (χ1v) is 9.90. The van der Waals surface area contributed by atoms with E-state index in [0.717, 1.165) is 19.5 Å².